The van der Waals surface area contributed by atoms with Crippen LogP contribution in [0.1, 0.15) is 55.6 Å². The zero-order valence-electron chi connectivity index (χ0n) is 18.6. The fourth-order valence-corrected chi connectivity index (χ4v) is 6.11. The van der Waals surface area contributed by atoms with E-state index in [0.29, 0.717) is 32.6 Å². The molecule has 32 heavy (non-hydrogen) atoms. The van der Waals surface area contributed by atoms with Crippen LogP contribution in [-0.4, -0.2) is 49.2 Å². The number of nitrogens with one attached hydrogen (secondary N) is 1. The van der Waals surface area contributed by atoms with Gasteiger partial charge in [0.1, 0.15) is 5.82 Å². The molecule has 3 aliphatic rings. The van der Waals surface area contributed by atoms with Crippen molar-refractivity contribution in [2.45, 2.75) is 61.9 Å². The normalized spacial score (nSPS) is 27.9. The van der Waals surface area contributed by atoms with Crippen molar-refractivity contribution in [1.29, 1.82) is 0 Å². The Hall–Kier alpha value is -2.24. The maximum atomic E-state index is 14.4. The maximum absolute atomic E-state index is 14.4. The van der Waals surface area contributed by atoms with Crippen LogP contribution in [0, 0.1) is 5.82 Å². The lowest BCUT2D eigenvalue weighted by Gasteiger charge is -2.41. The molecule has 3 fully saturated rings. The molecule has 3 atom stereocenters. The molecule has 0 bridgehead atoms. The molecule has 0 aliphatic carbocycles. The maximum Gasteiger partial charge on any atom is 0.233 e. The predicted molar refractivity (Wildman–Crippen MR) is 123 cm³/mol. The summed E-state index contributed by atoms with van der Waals surface area (Å²) in [6.45, 7) is 2.77. The third-order valence-electron chi connectivity index (χ3n) is 7.82. The Labute approximate surface area is 190 Å². The molecule has 1 amide bonds. The Morgan fingerprint density at radius 2 is 1.84 bits per heavy atom. The van der Waals surface area contributed by atoms with E-state index in [1.807, 2.05) is 12.1 Å². The highest BCUT2D eigenvalue weighted by atomic mass is 19.1. The van der Waals surface area contributed by atoms with Gasteiger partial charge in [-0.25, -0.2) is 4.39 Å². The van der Waals surface area contributed by atoms with Crippen molar-refractivity contribution in [3.63, 3.8) is 0 Å². The van der Waals surface area contributed by atoms with E-state index in [1.165, 1.54) is 24.5 Å². The number of carbonyl (C=O) groups is 1. The van der Waals surface area contributed by atoms with E-state index in [2.05, 4.69) is 34.5 Å². The van der Waals surface area contributed by atoms with Gasteiger partial charge in [0.2, 0.25) is 5.91 Å². The standard InChI is InChI=1S/C27H33FN2O2/c28-22-11-7-10-21(18-22)27(13-16-32-17-14-27)26(31)30-19-23(20-8-3-1-4-9-20)25-24(30)12-5-2-6-15-29-25/h1,3-4,7-11,18,23-25,29H,2,5-6,12-17,19H2/t23-,24-,25-/m0/s1. The lowest BCUT2D eigenvalue weighted by molar-refractivity contribution is -0.142. The van der Waals surface area contributed by atoms with Gasteiger partial charge in [0.25, 0.3) is 0 Å². The van der Waals surface area contributed by atoms with Crippen molar-refractivity contribution >= 4 is 5.91 Å². The van der Waals surface area contributed by atoms with Crippen molar-refractivity contribution in [2.75, 3.05) is 26.3 Å². The van der Waals surface area contributed by atoms with Crippen LogP contribution in [0.2, 0.25) is 0 Å². The van der Waals surface area contributed by atoms with E-state index < -0.39 is 5.41 Å². The molecule has 5 rings (SSSR count). The SMILES string of the molecule is O=C(N1C[C@@H](c2ccccc2)[C@@H]2NCCCCC[C@@H]21)C1(c2cccc(F)c2)CCOCC1. The van der Waals surface area contributed by atoms with Crippen molar-refractivity contribution in [3.05, 3.63) is 71.5 Å². The van der Waals surface area contributed by atoms with Crippen molar-refractivity contribution in [1.82, 2.24) is 10.2 Å². The highest BCUT2D eigenvalue weighted by Crippen LogP contribution is 2.42. The van der Waals surface area contributed by atoms with Crippen molar-refractivity contribution < 1.29 is 13.9 Å². The van der Waals surface area contributed by atoms with Gasteiger partial charge in [-0.05, 0) is 55.5 Å². The van der Waals surface area contributed by atoms with Gasteiger partial charge < -0.3 is 15.0 Å². The zero-order valence-corrected chi connectivity index (χ0v) is 18.6. The number of hydrogen-bond donors (Lipinski definition) is 1. The molecule has 5 heteroatoms. The van der Waals surface area contributed by atoms with Crippen LogP contribution in [0.3, 0.4) is 0 Å². The van der Waals surface area contributed by atoms with Crippen LogP contribution in [0.5, 0.6) is 0 Å². The molecule has 3 saturated heterocycles. The fourth-order valence-electron chi connectivity index (χ4n) is 6.11. The lowest BCUT2D eigenvalue weighted by atomic mass is 9.72. The van der Waals surface area contributed by atoms with Crippen LogP contribution in [0.15, 0.2) is 54.6 Å². The molecular formula is C27H33FN2O2. The first kappa shape index (κ1) is 21.6. The fraction of sp³-hybridized carbons (Fsp3) is 0.519. The second-order valence-corrected chi connectivity index (χ2v) is 9.58. The minimum Gasteiger partial charge on any atom is -0.381 e. The molecular weight excluding hydrogens is 403 g/mol. The van der Waals surface area contributed by atoms with Gasteiger partial charge in [0.05, 0.1) is 5.41 Å². The molecule has 4 nitrogen and oxygen atoms in total. The quantitative estimate of drug-likeness (QED) is 0.775. The van der Waals surface area contributed by atoms with Crippen molar-refractivity contribution in [2.24, 2.45) is 0 Å². The summed E-state index contributed by atoms with van der Waals surface area (Å²) in [7, 11) is 0. The predicted octanol–water partition coefficient (Wildman–Crippen LogP) is 4.40. The summed E-state index contributed by atoms with van der Waals surface area (Å²) in [4.78, 5) is 16.5. The molecule has 170 valence electrons. The van der Waals surface area contributed by atoms with E-state index >= 15 is 0 Å². The third kappa shape index (κ3) is 3.97. The third-order valence-corrected chi connectivity index (χ3v) is 7.82. The number of fused-ring (bicyclic) bond motifs is 1. The topological polar surface area (TPSA) is 41.6 Å². The second kappa shape index (κ2) is 9.32. The van der Waals surface area contributed by atoms with Gasteiger partial charge in [-0.3, -0.25) is 4.79 Å². The Kier molecular flexibility index (Phi) is 6.29. The Morgan fingerprint density at radius 1 is 1.03 bits per heavy atom. The number of likely N-dealkylation sites (tertiary alicyclic amines) is 1. The summed E-state index contributed by atoms with van der Waals surface area (Å²) in [6.07, 6.45) is 5.74. The number of hydrogen-bond acceptors (Lipinski definition) is 3. The van der Waals surface area contributed by atoms with Gasteiger partial charge in [-0.15, -0.1) is 0 Å². The van der Waals surface area contributed by atoms with E-state index in [0.717, 1.165) is 24.9 Å². The Morgan fingerprint density at radius 3 is 2.62 bits per heavy atom. The molecule has 1 N–H and O–H groups in total. The van der Waals surface area contributed by atoms with E-state index in [-0.39, 0.29) is 29.7 Å². The molecule has 0 spiro atoms. The molecule has 2 aromatic carbocycles. The average molecular weight is 437 g/mol. The first-order chi connectivity index (χ1) is 15.7. The monoisotopic (exact) mass is 436 g/mol. The second-order valence-electron chi connectivity index (χ2n) is 9.58. The molecule has 3 aliphatic heterocycles. The highest BCUT2D eigenvalue weighted by molar-refractivity contribution is 5.89. The lowest BCUT2D eigenvalue weighted by Crippen LogP contribution is -2.54. The minimum atomic E-state index is -0.709. The summed E-state index contributed by atoms with van der Waals surface area (Å²) in [5.74, 6) is 0.144. The summed E-state index contributed by atoms with van der Waals surface area (Å²) >= 11 is 0. The number of carbonyl (C=O) groups excluding carboxylic acids is 1. The van der Waals surface area contributed by atoms with Gasteiger partial charge in [0.15, 0.2) is 0 Å². The molecule has 3 heterocycles. The van der Waals surface area contributed by atoms with Gasteiger partial charge in [-0.2, -0.15) is 0 Å². The number of ether oxygens (including phenoxy) is 1. The molecule has 0 unspecified atom stereocenters. The molecule has 0 radical (unpaired) electrons. The Bertz CT molecular complexity index is 928. The first-order valence-electron chi connectivity index (χ1n) is 12.1. The number of halogens is 1. The van der Waals surface area contributed by atoms with Gasteiger partial charge in [-0.1, -0.05) is 55.3 Å². The summed E-state index contributed by atoms with van der Waals surface area (Å²) in [5.41, 5.74) is 1.38. The van der Waals surface area contributed by atoms with Gasteiger partial charge >= 0.3 is 0 Å². The molecule has 0 aromatic heterocycles. The highest BCUT2D eigenvalue weighted by Gasteiger charge is 2.51. The van der Waals surface area contributed by atoms with Crippen LogP contribution in [-0.2, 0) is 14.9 Å². The van der Waals surface area contributed by atoms with Gasteiger partial charge in [0, 0.05) is 37.8 Å². The average Bonchev–Trinajstić information content (AvgIpc) is 3.16. The number of amides is 1. The smallest absolute Gasteiger partial charge is 0.233 e. The minimum absolute atomic E-state index is 0.155. The largest absolute Gasteiger partial charge is 0.381 e. The van der Waals surface area contributed by atoms with E-state index in [4.69, 9.17) is 4.74 Å². The zero-order chi connectivity index (χ0) is 22.0. The van der Waals surface area contributed by atoms with E-state index in [9.17, 15) is 9.18 Å². The number of nitrogens with zero attached hydrogens (tertiary/aromatic N) is 1. The van der Waals surface area contributed by atoms with Crippen LogP contribution in [0.25, 0.3) is 0 Å². The summed E-state index contributed by atoms with van der Waals surface area (Å²) < 4.78 is 19.9. The number of benzene rings is 2. The first-order valence-corrected chi connectivity index (χ1v) is 12.1. The van der Waals surface area contributed by atoms with E-state index in [1.54, 1.807) is 12.1 Å². The molecule has 2 aromatic rings. The molecule has 0 saturated carbocycles. The summed E-state index contributed by atoms with van der Waals surface area (Å²) in [6, 6.07) is 17.7. The van der Waals surface area contributed by atoms with Crippen LogP contribution >= 0.6 is 0 Å². The van der Waals surface area contributed by atoms with Crippen LogP contribution in [0.4, 0.5) is 4.39 Å². The van der Waals surface area contributed by atoms with Crippen molar-refractivity contribution in [3.8, 4) is 0 Å². The Balaban J connectivity index is 1.52. The number of rotatable bonds is 3. The summed E-state index contributed by atoms with van der Waals surface area (Å²) in [5, 5.41) is 3.80. The van der Waals surface area contributed by atoms with Crippen LogP contribution < -0.4 is 5.32 Å².